The van der Waals surface area contributed by atoms with Crippen LogP contribution in [0.3, 0.4) is 0 Å². The number of carbonyl (C=O) groups excluding carboxylic acids is 1. The van der Waals surface area contributed by atoms with Crippen molar-refractivity contribution in [2.24, 2.45) is 23.0 Å². The fraction of sp³-hybridized carbons (Fsp3) is 0.833. The highest BCUT2D eigenvalue weighted by Crippen LogP contribution is 2.31. The summed E-state index contributed by atoms with van der Waals surface area (Å²) < 4.78 is 0. The second-order valence-corrected chi connectivity index (χ2v) is 5.92. The first-order chi connectivity index (χ1) is 7.26. The molecule has 3 N–H and O–H groups in total. The van der Waals surface area contributed by atoms with E-state index in [4.69, 9.17) is 18.0 Å². The van der Waals surface area contributed by atoms with Crippen LogP contribution in [0.25, 0.3) is 0 Å². The Morgan fingerprint density at radius 3 is 2.31 bits per heavy atom. The molecule has 0 bridgehead atoms. The van der Waals surface area contributed by atoms with E-state index in [0.29, 0.717) is 11.8 Å². The fourth-order valence-corrected chi connectivity index (χ4v) is 2.12. The summed E-state index contributed by atoms with van der Waals surface area (Å²) in [4.78, 5) is 12.3. The molecule has 0 aromatic carbocycles. The SMILES string of the molecule is CC1CCC(NC(=O)C(C)(C)C(N)=S)C1C. The Balaban J connectivity index is 2.62. The smallest absolute Gasteiger partial charge is 0.232 e. The minimum atomic E-state index is -0.749. The van der Waals surface area contributed by atoms with Crippen molar-refractivity contribution in [2.75, 3.05) is 0 Å². The first-order valence-electron chi connectivity index (χ1n) is 5.87. The standard InChI is InChI=1S/C12H22N2OS/c1-7-5-6-9(8(7)2)14-11(15)12(3,4)10(13)16/h7-9H,5-6H2,1-4H3,(H2,13,16)(H,14,15). The predicted molar refractivity (Wildman–Crippen MR) is 70.1 cm³/mol. The third kappa shape index (κ3) is 2.54. The van der Waals surface area contributed by atoms with E-state index in [9.17, 15) is 4.79 Å². The molecule has 4 heteroatoms. The molecule has 3 atom stereocenters. The van der Waals surface area contributed by atoms with E-state index in [1.165, 1.54) is 6.42 Å². The molecule has 0 heterocycles. The topological polar surface area (TPSA) is 55.1 Å². The van der Waals surface area contributed by atoms with Gasteiger partial charge in [-0.05, 0) is 38.5 Å². The minimum absolute atomic E-state index is 0.0500. The molecule has 1 aliphatic rings. The normalized spacial score (nSPS) is 30.1. The molecule has 1 fully saturated rings. The van der Waals surface area contributed by atoms with Crippen molar-refractivity contribution in [1.82, 2.24) is 5.32 Å². The van der Waals surface area contributed by atoms with E-state index in [1.54, 1.807) is 13.8 Å². The Kier molecular flexibility index (Phi) is 3.94. The molecule has 0 radical (unpaired) electrons. The lowest BCUT2D eigenvalue weighted by Gasteiger charge is -2.27. The predicted octanol–water partition coefficient (Wildman–Crippen LogP) is 1.85. The molecular weight excluding hydrogens is 220 g/mol. The van der Waals surface area contributed by atoms with Crippen LogP contribution < -0.4 is 11.1 Å². The summed E-state index contributed by atoms with van der Waals surface area (Å²) in [5.41, 5.74) is 4.83. The van der Waals surface area contributed by atoms with Crippen LogP contribution in [0.4, 0.5) is 0 Å². The Hall–Kier alpha value is -0.640. The Bertz CT molecular complexity index is 301. The van der Waals surface area contributed by atoms with Crippen molar-refractivity contribution in [3.8, 4) is 0 Å². The van der Waals surface area contributed by atoms with Crippen LogP contribution in [0.5, 0.6) is 0 Å². The number of carbonyl (C=O) groups is 1. The number of amides is 1. The van der Waals surface area contributed by atoms with Crippen molar-refractivity contribution in [1.29, 1.82) is 0 Å². The summed E-state index contributed by atoms with van der Waals surface area (Å²) in [5.74, 6) is 1.16. The summed E-state index contributed by atoms with van der Waals surface area (Å²) in [6, 6.07) is 0.274. The molecule has 16 heavy (non-hydrogen) atoms. The van der Waals surface area contributed by atoms with Crippen molar-refractivity contribution < 1.29 is 4.79 Å². The van der Waals surface area contributed by atoms with Crippen molar-refractivity contribution in [3.63, 3.8) is 0 Å². The third-order valence-corrected chi connectivity index (χ3v) is 4.48. The highest BCUT2D eigenvalue weighted by molar-refractivity contribution is 7.80. The highest BCUT2D eigenvalue weighted by Gasteiger charge is 2.36. The Morgan fingerprint density at radius 2 is 1.94 bits per heavy atom. The number of hydrogen-bond acceptors (Lipinski definition) is 2. The van der Waals surface area contributed by atoms with Crippen molar-refractivity contribution in [2.45, 2.75) is 46.6 Å². The first kappa shape index (κ1) is 13.4. The molecule has 1 amide bonds. The number of hydrogen-bond donors (Lipinski definition) is 2. The molecule has 1 aliphatic carbocycles. The zero-order valence-corrected chi connectivity index (χ0v) is 11.4. The Morgan fingerprint density at radius 1 is 1.38 bits per heavy atom. The van der Waals surface area contributed by atoms with Gasteiger partial charge >= 0.3 is 0 Å². The monoisotopic (exact) mass is 242 g/mol. The fourth-order valence-electron chi connectivity index (χ4n) is 2.03. The van der Waals surface area contributed by atoms with Gasteiger partial charge in [0.25, 0.3) is 0 Å². The average Bonchev–Trinajstić information content (AvgIpc) is 2.49. The van der Waals surface area contributed by atoms with Crippen LogP contribution >= 0.6 is 12.2 Å². The summed E-state index contributed by atoms with van der Waals surface area (Å²) in [6.45, 7) is 7.97. The van der Waals surface area contributed by atoms with Gasteiger partial charge in [0.1, 0.15) is 0 Å². The molecule has 1 saturated carbocycles. The maximum atomic E-state index is 12.0. The molecule has 3 unspecified atom stereocenters. The first-order valence-corrected chi connectivity index (χ1v) is 6.28. The number of rotatable bonds is 3. The minimum Gasteiger partial charge on any atom is -0.392 e. The lowest BCUT2D eigenvalue weighted by atomic mass is 9.91. The van der Waals surface area contributed by atoms with Crippen LogP contribution in [0.1, 0.15) is 40.5 Å². The lowest BCUT2D eigenvalue weighted by Crippen LogP contribution is -2.49. The number of nitrogens with two attached hydrogens (primary N) is 1. The maximum Gasteiger partial charge on any atom is 0.232 e. The largest absolute Gasteiger partial charge is 0.392 e. The van der Waals surface area contributed by atoms with Crippen LogP contribution in [0.15, 0.2) is 0 Å². The molecule has 0 saturated heterocycles. The van der Waals surface area contributed by atoms with Gasteiger partial charge in [0.2, 0.25) is 5.91 Å². The molecular formula is C12H22N2OS. The second kappa shape index (κ2) is 4.70. The van der Waals surface area contributed by atoms with Gasteiger partial charge in [0.15, 0.2) is 0 Å². The number of nitrogens with one attached hydrogen (secondary N) is 1. The van der Waals surface area contributed by atoms with Gasteiger partial charge < -0.3 is 11.1 Å². The summed E-state index contributed by atoms with van der Waals surface area (Å²) in [6.07, 6.45) is 2.24. The van der Waals surface area contributed by atoms with Crippen LogP contribution in [-0.2, 0) is 4.79 Å². The molecule has 0 aromatic rings. The van der Waals surface area contributed by atoms with Crippen molar-refractivity contribution in [3.05, 3.63) is 0 Å². The molecule has 0 aliphatic heterocycles. The maximum absolute atomic E-state index is 12.0. The van der Waals surface area contributed by atoms with Crippen LogP contribution in [0.2, 0.25) is 0 Å². The zero-order valence-electron chi connectivity index (χ0n) is 10.5. The third-order valence-electron chi connectivity index (χ3n) is 3.97. The molecule has 3 nitrogen and oxygen atoms in total. The van der Waals surface area contributed by atoms with Gasteiger partial charge in [-0.15, -0.1) is 0 Å². The van der Waals surface area contributed by atoms with Crippen LogP contribution in [-0.4, -0.2) is 16.9 Å². The molecule has 92 valence electrons. The van der Waals surface area contributed by atoms with Crippen molar-refractivity contribution >= 4 is 23.1 Å². The van der Waals surface area contributed by atoms with Gasteiger partial charge in [-0.1, -0.05) is 26.1 Å². The van der Waals surface area contributed by atoms with Gasteiger partial charge in [0.05, 0.1) is 10.4 Å². The van der Waals surface area contributed by atoms with E-state index < -0.39 is 5.41 Å². The van der Waals surface area contributed by atoms with E-state index in [1.807, 2.05) is 0 Å². The van der Waals surface area contributed by atoms with Gasteiger partial charge in [-0.25, -0.2) is 0 Å². The van der Waals surface area contributed by atoms with Gasteiger partial charge in [-0.3, -0.25) is 4.79 Å². The van der Waals surface area contributed by atoms with E-state index in [-0.39, 0.29) is 16.9 Å². The molecule has 1 rings (SSSR count). The zero-order chi connectivity index (χ0) is 12.5. The molecule has 0 aromatic heterocycles. The molecule has 0 spiro atoms. The average molecular weight is 242 g/mol. The van der Waals surface area contributed by atoms with Gasteiger partial charge in [0, 0.05) is 6.04 Å². The van der Waals surface area contributed by atoms with E-state index in [0.717, 1.165) is 6.42 Å². The lowest BCUT2D eigenvalue weighted by molar-refractivity contribution is -0.127. The van der Waals surface area contributed by atoms with Crippen LogP contribution in [0, 0.1) is 17.3 Å². The van der Waals surface area contributed by atoms with Gasteiger partial charge in [-0.2, -0.15) is 0 Å². The second-order valence-electron chi connectivity index (χ2n) is 5.48. The van der Waals surface area contributed by atoms with E-state index >= 15 is 0 Å². The number of thiocarbonyl (C=S) groups is 1. The Labute approximate surface area is 103 Å². The summed E-state index contributed by atoms with van der Waals surface area (Å²) in [7, 11) is 0. The summed E-state index contributed by atoms with van der Waals surface area (Å²) in [5, 5.41) is 3.07. The van der Waals surface area contributed by atoms with E-state index in [2.05, 4.69) is 19.2 Å². The quantitative estimate of drug-likeness (QED) is 0.743. The summed E-state index contributed by atoms with van der Waals surface area (Å²) >= 11 is 4.92. The highest BCUT2D eigenvalue weighted by atomic mass is 32.1.